The number of aromatic amines is 1. The summed E-state index contributed by atoms with van der Waals surface area (Å²) >= 11 is 9.66. The summed E-state index contributed by atoms with van der Waals surface area (Å²) in [6.07, 6.45) is 8.20. The third-order valence-corrected chi connectivity index (χ3v) is 7.33. The molecule has 2 aromatic heterocycles. The molecule has 1 fully saturated rings. The van der Waals surface area contributed by atoms with Gasteiger partial charge in [0.1, 0.15) is 12.4 Å². The number of amides is 2. The summed E-state index contributed by atoms with van der Waals surface area (Å²) in [4.78, 5) is 34.9. The number of nitrogens with zero attached hydrogens (tertiary/aromatic N) is 2. The summed E-state index contributed by atoms with van der Waals surface area (Å²) in [6.45, 7) is 1.58. The van der Waals surface area contributed by atoms with E-state index in [0.717, 1.165) is 17.7 Å². The number of hydrogen-bond donors (Lipinski definition) is 3. The Balaban J connectivity index is 1.48. The number of nitrogens with one attached hydrogen (secondary N) is 3. The lowest BCUT2D eigenvalue weighted by Crippen LogP contribution is -2.53. The normalized spacial score (nSPS) is 16.6. The third kappa shape index (κ3) is 5.10. The largest absolute Gasteiger partial charge is 0.493 e. The summed E-state index contributed by atoms with van der Waals surface area (Å²) in [5.41, 5.74) is 4.00. The number of ether oxygens (including phenoxy) is 2. The number of likely N-dealkylation sites (tertiary alicyclic amines) is 1. The van der Waals surface area contributed by atoms with E-state index in [4.69, 9.17) is 21.1 Å². The second-order valence-electron chi connectivity index (χ2n) is 8.89. The fourth-order valence-electron chi connectivity index (χ4n) is 4.69. The predicted octanol–water partition coefficient (Wildman–Crippen LogP) is 4.70. The van der Waals surface area contributed by atoms with E-state index in [1.165, 1.54) is 0 Å². The number of hydrogen-bond acceptors (Lipinski definition) is 6. The summed E-state index contributed by atoms with van der Waals surface area (Å²) in [5, 5.41) is 7.39. The van der Waals surface area contributed by atoms with Crippen molar-refractivity contribution in [3.8, 4) is 22.8 Å². The quantitative estimate of drug-likeness (QED) is 0.243. The molecule has 3 aromatic rings. The molecular weight excluding hydrogens is 574 g/mol. The highest BCUT2D eigenvalue weighted by molar-refractivity contribution is 9.09. The second kappa shape index (κ2) is 11.5. The summed E-state index contributed by atoms with van der Waals surface area (Å²) in [5.74, 6) is 0.818. The SMILES string of the molecule is COc1c(Cl)cccc1Nc1c(-c2ccncc2OCC2CCN2C(=O)C=CCBr)[nH]c2c1C(=O)NCC2. The summed E-state index contributed by atoms with van der Waals surface area (Å²) in [6, 6.07) is 7.21. The zero-order chi connectivity index (χ0) is 26.6. The lowest BCUT2D eigenvalue weighted by molar-refractivity contribution is -0.134. The van der Waals surface area contributed by atoms with Crippen LogP contribution in [0.4, 0.5) is 11.4 Å². The number of para-hydroxylation sites is 1. The number of H-pyrrole nitrogens is 1. The monoisotopic (exact) mass is 599 g/mol. The first-order chi connectivity index (χ1) is 18.5. The second-order valence-corrected chi connectivity index (χ2v) is 9.95. The fourth-order valence-corrected chi connectivity index (χ4v) is 5.13. The summed E-state index contributed by atoms with van der Waals surface area (Å²) in [7, 11) is 1.55. The van der Waals surface area contributed by atoms with E-state index in [1.807, 2.05) is 18.2 Å². The van der Waals surface area contributed by atoms with E-state index >= 15 is 0 Å². The van der Waals surface area contributed by atoms with E-state index in [9.17, 15) is 9.59 Å². The number of aromatic nitrogens is 2. The number of anilines is 2. The molecule has 0 bridgehead atoms. The van der Waals surface area contributed by atoms with Gasteiger partial charge in [0.25, 0.3) is 5.91 Å². The van der Waals surface area contributed by atoms with Crippen molar-refractivity contribution < 1.29 is 19.1 Å². The first kappa shape index (κ1) is 26.1. The molecule has 2 aliphatic heterocycles. The predicted molar refractivity (Wildman–Crippen MR) is 150 cm³/mol. The molecule has 1 saturated heterocycles. The Morgan fingerprint density at radius 3 is 3.00 bits per heavy atom. The standard InChI is InChI=1S/C27H27BrClN5O4/c1-37-26-18(29)4-2-5-20(26)33-25-23-19(8-12-31-27(23)36)32-24(25)17-7-11-30-14-21(17)38-15-16-9-13-34(16)22(35)6-3-10-28/h2-7,11,14,16,32-33H,8-10,12-13,15H2,1H3,(H,31,36). The molecule has 5 rings (SSSR count). The van der Waals surface area contributed by atoms with Crippen LogP contribution in [0.5, 0.6) is 11.5 Å². The number of pyridine rings is 1. The highest BCUT2D eigenvalue weighted by atomic mass is 79.9. The van der Waals surface area contributed by atoms with Crippen LogP contribution in [-0.2, 0) is 11.2 Å². The Morgan fingerprint density at radius 2 is 2.24 bits per heavy atom. The van der Waals surface area contributed by atoms with Crippen LogP contribution in [0.2, 0.25) is 5.02 Å². The van der Waals surface area contributed by atoms with E-state index < -0.39 is 0 Å². The van der Waals surface area contributed by atoms with Gasteiger partial charge < -0.3 is 30.0 Å². The van der Waals surface area contributed by atoms with Crippen molar-refractivity contribution in [1.82, 2.24) is 20.2 Å². The van der Waals surface area contributed by atoms with Crippen LogP contribution in [0.25, 0.3) is 11.3 Å². The van der Waals surface area contributed by atoms with Gasteiger partial charge in [-0.3, -0.25) is 14.6 Å². The molecule has 2 amide bonds. The number of halogens is 2. The molecule has 1 aromatic carbocycles. The van der Waals surface area contributed by atoms with Gasteiger partial charge in [-0.05, 0) is 30.7 Å². The van der Waals surface area contributed by atoms with E-state index in [0.29, 0.717) is 70.6 Å². The van der Waals surface area contributed by atoms with Gasteiger partial charge in [0, 0.05) is 42.3 Å². The number of carbonyl (C=O) groups excluding carboxylic acids is 2. The highest BCUT2D eigenvalue weighted by Gasteiger charge is 2.32. The van der Waals surface area contributed by atoms with Crippen LogP contribution in [0.3, 0.4) is 0 Å². The average Bonchev–Trinajstić information content (AvgIpc) is 3.26. The van der Waals surface area contributed by atoms with Gasteiger partial charge in [-0.25, -0.2) is 0 Å². The topological polar surface area (TPSA) is 109 Å². The zero-order valence-corrected chi connectivity index (χ0v) is 23.1. The Kier molecular flexibility index (Phi) is 7.90. The van der Waals surface area contributed by atoms with Gasteiger partial charge in [0.2, 0.25) is 5.91 Å². The van der Waals surface area contributed by atoms with Crippen molar-refractivity contribution in [1.29, 1.82) is 0 Å². The molecule has 198 valence electrons. The number of alkyl halides is 1. The first-order valence-corrected chi connectivity index (χ1v) is 13.7. The molecule has 11 heteroatoms. The maximum Gasteiger partial charge on any atom is 0.255 e. The van der Waals surface area contributed by atoms with Gasteiger partial charge in [-0.2, -0.15) is 0 Å². The van der Waals surface area contributed by atoms with Crippen LogP contribution in [0.15, 0.2) is 48.8 Å². The molecule has 1 unspecified atom stereocenters. The average molecular weight is 601 g/mol. The molecular formula is C27H27BrClN5O4. The maximum absolute atomic E-state index is 13.0. The molecule has 9 nitrogen and oxygen atoms in total. The number of carbonyl (C=O) groups is 2. The van der Waals surface area contributed by atoms with Gasteiger partial charge in [-0.15, -0.1) is 0 Å². The van der Waals surface area contributed by atoms with Gasteiger partial charge in [0.05, 0.1) is 47.0 Å². The van der Waals surface area contributed by atoms with Crippen LogP contribution in [0, 0.1) is 0 Å². The zero-order valence-electron chi connectivity index (χ0n) is 20.7. The van der Waals surface area contributed by atoms with E-state index in [2.05, 4.69) is 36.5 Å². The van der Waals surface area contributed by atoms with Crippen molar-refractivity contribution in [2.75, 3.05) is 37.5 Å². The Bertz CT molecular complexity index is 1390. The van der Waals surface area contributed by atoms with Crippen molar-refractivity contribution in [2.45, 2.75) is 18.9 Å². The molecule has 0 radical (unpaired) electrons. The molecule has 1 atom stereocenters. The lowest BCUT2D eigenvalue weighted by Gasteiger charge is -2.40. The van der Waals surface area contributed by atoms with Crippen LogP contribution >= 0.6 is 27.5 Å². The van der Waals surface area contributed by atoms with Crippen molar-refractivity contribution in [3.63, 3.8) is 0 Å². The van der Waals surface area contributed by atoms with Crippen LogP contribution < -0.4 is 20.1 Å². The minimum Gasteiger partial charge on any atom is -0.493 e. The third-order valence-electron chi connectivity index (χ3n) is 6.66. The van der Waals surface area contributed by atoms with Crippen molar-refractivity contribution in [3.05, 3.63) is 65.1 Å². The molecule has 3 N–H and O–H groups in total. The first-order valence-electron chi connectivity index (χ1n) is 12.2. The number of fused-ring (bicyclic) bond motifs is 1. The highest BCUT2D eigenvalue weighted by Crippen LogP contribution is 2.43. The number of allylic oxidation sites excluding steroid dienone is 1. The molecule has 0 spiro atoms. The molecule has 0 aliphatic carbocycles. The Labute approximate surface area is 233 Å². The van der Waals surface area contributed by atoms with Crippen molar-refractivity contribution >= 4 is 50.7 Å². The van der Waals surface area contributed by atoms with Crippen LogP contribution in [-0.4, -0.2) is 64.9 Å². The Hall–Kier alpha value is -3.50. The molecule has 4 heterocycles. The van der Waals surface area contributed by atoms with Gasteiger partial charge in [-0.1, -0.05) is 39.7 Å². The number of benzene rings is 1. The minimum absolute atomic E-state index is 0.0218. The molecule has 0 saturated carbocycles. The smallest absolute Gasteiger partial charge is 0.255 e. The van der Waals surface area contributed by atoms with Crippen molar-refractivity contribution in [2.24, 2.45) is 0 Å². The maximum atomic E-state index is 13.0. The number of methoxy groups -OCH3 is 1. The minimum atomic E-state index is -0.172. The molecule has 2 aliphatic rings. The summed E-state index contributed by atoms with van der Waals surface area (Å²) < 4.78 is 11.7. The lowest BCUT2D eigenvalue weighted by atomic mass is 10.0. The van der Waals surface area contributed by atoms with E-state index in [-0.39, 0.29) is 17.9 Å². The number of rotatable bonds is 9. The fraction of sp³-hybridized carbons (Fsp3) is 0.296. The van der Waals surface area contributed by atoms with Gasteiger partial charge >= 0.3 is 0 Å². The Morgan fingerprint density at radius 1 is 1.37 bits per heavy atom. The van der Waals surface area contributed by atoms with Crippen LogP contribution in [0.1, 0.15) is 22.5 Å². The molecule has 38 heavy (non-hydrogen) atoms. The van der Waals surface area contributed by atoms with Gasteiger partial charge in [0.15, 0.2) is 5.75 Å². The van der Waals surface area contributed by atoms with E-state index in [1.54, 1.807) is 42.6 Å².